The van der Waals surface area contributed by atoms with E-state index in [2.05, 4.69) is 11.8 Å². The van der Waals surface area contributed by atoms with Crippen LogP contribution in [0.1, 0.15) is 31.6 Å². The summed E-state index contributed by atoms with van der Waals surface area (Å²) in [6.07, 6.45) is 2.13. The average Bonchev–Trinajstić information content (AvgIpc) is 2.84. The fourth-order valence-electron chi connectivity index (χ4n) is 2.19. The first-order valence-electron chi connectivity index (χ1n) is 6.32. The van der Waals surface area contributed by atoms with E-state index in [0.29, 0.717) is 6.61 Å². The molecular formula is C13H18N2O3. The van der Waals surface area contributed by atoms with Crippen molar-refractivity contribution >= 4 is 5.69 Å². The summed E-state index contributed by atoms with van der Waals surface area (Å²) in [4.78, 5) is 12.6. The Morgan fingerprint density at radius 3 is 3.11 bits per heavy atom. The molecule has 1 aliphatic heterocycles. The molecule has 0 radical (unpaired) electrons. The molecule has 0 aliphatic carbocycles. The Hall–Kier alpha value is -1.46. The van der Waals surface area contributed by atoms with Crippen LogP contribution < -0.4 is 0 Å². The molecule has 1 saturated heterocycles. The maximum absolute atomic E-state index is 10.8. The summed E-state index contributed by atoms with van der Waals surface area (Å²) in [6, 6.07) is 6.72. The van der Waals surface area contributed by atoms with Crippen molar-refractivity contribution in [3.05, 3.63) is 39.9 Å². The van der Waals surface area contributed by atoms with Crippen LogP contribution in [0.5, 0.6) is 0 Å². The minimum absolute atomic E-state index is 0.124. The fraction of sp³-hybridized carbons (Fsp3) is 0.538. The fourth-order valence-corrected chi connectivity index (χ4v) is 2.19. The van der Waals surface area contributed by atoms with E-state index >= 15 is 0 Å². The summed E-state index contributed by atoms with van der Waals surface area (Å²) in [5.74, 6) is 0. The summed E-state index contributed by atoms with van der Waals surface area (Å²) in [6.45, 7) is 4.72. The lowest BCUT2D eigenvalue weighted by molar-refractivity contribution is -0.385. The number of hydrogen-bond donors (Lipinski definition) is 0. The number of benzene rings is 1. The van der Waals surface area contributed by atoms with Gasteiger partial charge >= 0.3 is 0 Å². The molecule has 1 aromatic rings. The molecule has 1 aliphatic rings. The van der Waals surface area contributed by atoms with Gasteiger partial charge in [0.2, 0.25) is 0 Å². The second kappa shape index (κ2) is 5.93. The molecule has 0 bridgehead atoms. The third kappa shape index (κ3) is 2.86. The Balaban J connectivity index is 2.14. The van der Waals surface area contributed by atoms with Gasteiger partial charge in [-0.2, -0.15) is 0 Å². The highest BCUT2D eigenvalue weighted by Gasteiger charge is 2.27. The topological polar surface area (TPSA) is 55.6 Å². The second-order valence-corrected chi connectivity index (χ2v) is 4.46. The average molecular weight is 250 g/mol. The molecule has 18 heavy (non-hydrogen) atoms. The van der Waals surface area contributed by atoms with Gasteiger partial charge in [0.15, 0.2) is 0 Å². The standard InChI is InChI=1S/C13H18N2O3/c1-2-3-7-14-8-9-18-13(14)11-5-4-6-12(10-11)15(16)17/h4-6,10,13H,2-3,7-9H2,1H3. The van der Waals surface area contributed by atoms with Crippen molar-refractivity contribution in [1.82, 2.24) is 4.90 Å². The summed E-state index contributed by atoms with van der Waals surface area (Å²) >= 11 is 0. The van der Waals surface area contributed by atoms with Crippen LogP contribution in [-0.4, -0.2) is 29.5 Å². The largest absolute Gasteiger partial charge is 0.358 e. The number of nitrogens with zero attached hydrogens (tertiary/aromatic N) is 2. The van der Waals surface area contributed by atoms with Crippen LogP contribution in [0.25, 0.3) is 0 Å². The monoisotopic (exact) mass is 250 g/mol. The Labute approximate surface area is 107 Å². The Morgan fingerprint density at radius 2 is 2.39 bits per heavy atom. The van der Waals surface area contributed by atoms with Crippen molar-refractivity contribution in [2.24, 2.45) is 0 Å². The minimum Gasteiger partial charge on any atom is -0.358 e. The summed E-state index contributed by atoms with van der Waals surface area (Å²) in [5.41, 5.74) is 0.997. The number of hydrogen-bond acceptors (Lipinski definition) is 4. The number of nitro benzene ring substituents is 1. The Bertz CT molecular complexity index is 422. The summed E-state index contributed by atoms with van der Waals surface area (Å²) < 4.78 is 5.69. The number of unbranched alkanes of at least 4 members (excludes halogenated alkanes) is 1. The highest BCUT2D eigenvalue weighted by atomic mass is 16.6. The van der Waals surface area contributed by atoms with Crippen LogP contribution in [0, 0.1) is 10.1 Å². The number of non-ortho nitro benzene ring substituents is 1. The summed E-state index contributed by atoms with van der Waals surface area (Å²) in [7, 11) is 0. The number of rotatable bonds is 5. The molecule has 5 heteroatoms. The molecule has 98 valence electrons. The molecule has 1 heterocycles. The lowest BCUT2D eigenvalue weighted by Crippen LogP contribution is -2.25. The first-order valence-corrected chi connectivity index (χ1v) is 6.32. The van der Waals surface area contributed by atoms with Crippen LogP contribution >= 0.6 is 0 Å². The Morgan fingerprint density at radius 1 is 1.56 bits per heavy atom. The van der Waals surface area contributed by atoms with Crippen LogP contribution in [0.15, 0.2) is 24.3 Å². The molecule has 5 nitrogen and oxygen atoms in total. The predicted molar refractivity (Wildman–Crippen MR) is 68.3 cm³/mol. The summed E-state index contributed by atoms with van der Waals surface area (Å²) in [5, 5.41) is 10.8. The van der Waals surface area contributed by atoms with Crippen LogP contribution in [0.4, 0.5) is 5.69 Å². The van der Waals surface area contributed by atoms with Gasteiger partial charge in [-0.15, -0.1) is 0 Å². The molecule has 0 aromatic heterocycles. The Kier molecular flexibility index (Phi) is 4.28. The zero-order valence-corrected chi connectivity index (χ0v) is 10.5. The molecular weight excluding hydrogens is 232 g/mol. The van der Waals surface area contributed by atoms with Crippen molar-refractivity contribution in [3.63, 3.8) is 0 Å². The van der Waals surface area contributed by atoms with E-state index in [1.807, 2.05) is 6.07 Å². The van der Waals surface area contributed by atoms with Crippen molar-refractivity contribution in [2.75, 3.05) is 19.7 Å². The van der Waals surface area contributed by atoms with E-state index in [9.17, 15) is 10.1 Å². The van der Waals surface area contributed by atoms with Gasteiger partial charge in [0.25, 0.3) is 5.69 Å². The lowest BCUT2D eigenvalue weighted by Gasteiger charge is -2.22. The minimum atomic E-state index is -0.366. The lowest BCUT2D eigenvalue weighted by atomic mass is 10.1. The van der Waals surface area contributed by atoms with Gasteiger partial charge in [0.05, 0.1) is 11.5 Å². The van der Waals surface area contributed by atoms with Gasteiger partial charge in [-0.3, -0.25) is 15.0 Å². The first kappa shape index (κ1) is 13.0. The third-order valence-corrected chi connectivity index (χ3v) is 3.15. The highest BCUT2D eigenvalue weighted by molar-refractivity contribution is 5.35. The molecule has 1 fully saturated rings. The molecule has 0 N–H and O–H groups in total. The maximum Gasteiger partial charge on any atom is 0.269 e. The number of ether oxygens (including phenoxy) is 1. The SMILES string of the molecule is CCCCN1CCOC1c1cccc([N+](=O)[O-])c1. The van der Waals surface area contributed by atoms with Gasteiger partial charge in [0.1, 0.15) is 6.23 Å². The van der Waals surface area contributed by atoms with Gasteiger partial charge in [-0.1, -0.05) is 25.5 Å². The normalized spacial score (nSPS) is 20.2. The quantitative estimate of drug-likeness (QED) is 0.595. The van der Waals surface area contributed by atoms with E-state index in [-0.39, 0.29) is 16.8 Å². The smallest absolute Gasteiger partial charge is 0.269 e. The van der Waals surface area contributed by atoms with Crippen molar-refractivity contribution in [2.45, 2.75) is 26.0 Å². The number of nitro groups is 1. The zero-order chi connectivity index (χ0) is 13.0. The van der Waals surface area contributed by atoms with Gasteiger partial charge in [0, 0.05) is 30.8 Å². The predicted octanol–water partition coefficient (Wildman–Crippen LogP) is 2.73. The molecule has 1 unspecified atom stereocenters. The van der Waals surface area contributed by atoms with E-state index in [1.54, 1.807) is 12.1 Å². The molecule has 1 aromatic carbocycles. The van der Waals surface area contributed by atoms with E-state index < -0.39 is 0 Å². The van der Waals surface area contributed by atoms with E-state index in [4.69, 9.17) is 4.74 Å². The second-order valence-electron chi connectivity index (χ2n) is 4.46. The zero-order valence-electron chi connectivity index (χ0n) is 10.5. The van der Waals surface area contributed by atoms with Crippen molar-refractivity contribution in [3.8, 4) is 0 Å². The third-order valence-electron chi connectivity index (χ3n) is 3.15. The van der Waals surface area contributed by atoms with Crippen LogP contribution in [-0.2, 0) is 4.74 Å². The van der Waals surface area contributed by atoms with Gasteiger partial charge in [-0.05, 0) is 6.42 Å². The van der Waals surface area contributed by atoms with Crippen LogP contribution in [0.2, 0.25) is 0 Å². The van der Waals surface area contributed by atoms with Crippen molar-refractivity contribution in [1.29, 1.82) is 0 Å². The van der Waals surface area contributed by atoms with E-state index in [1.165, 1.54) is 6.07 Å². The molecule has 2 rings (SSSR count). The molecule has 0 spiro atoms. The first-order chi connectivity index (χ1) is 8.72. The highest BCUT2D eigenvalue weighted by Crippen LogP contribution is 2.29. The maximum atomic E-state index is 10.8. The van der Waals surface area contributed by atoms with Gasteiger partial charge < -0.3 is 4.74 Å². The van der Waals surface area contributed by atoms with Gasteiger partial charge in [-0.25, -0.2) is 0 Å². The van der Waals surface area contributed by atoms with E-state index in [0.717, 1.165) is 31.5 Å². The molecule has 1 atom stereocenters. The van der Waals surface area contributed by atoms with Crippen LogP contribution in [0.3, 0.4) is 0 Å². The van der Waals surface area contributed by atoms with Crippen molar-refractivity contribution < 1.29 is 9.66 Å². The molecule has 0 amide bonds. The molecule has 0 saturated carbocycles.